The van der Waals surface area contributed by atoms with Gasteiger partial charge in [0.1, 0.15) is 5.82 Å². The second-order valence-corrected chi connectivity index (χ2v) is 7.91. The average Bonchev–Trinajstić information content (AvgIpc) is 3.50. The van der Waals surface area contributed by atoms with E-state index in [-0.39, 0.29) is 11.8 Å². The molecule has 4 heterocycles. The van der Waals surface area contributed by atoms with Gasteiger partial charge in [-0.25, -0.2) is 4.98 Å². The van der Waals surface area contributed by atoms with Crippen LogP contribution in [0.5, 0.6) is 0 Å². The molecule has 0 unspecified atom stereocenters. The lowest BCUT2D eigenvalue weighted by molar-refractivity contribution is -0.130. The highest BCUT2D eigenvalue weighted by Crippen LogP contribution is 2.29. The summed E-state index contributed by atoms with van der Waals surface area (Å²) < 4.78 is 5.38. The summed E-state index contributed by atoms with van der Waals surface area (Å²) in [6.45, 7) is 1.37. The topological polar surface area (TPSA) is 87.9 Å². The molecule has 0 saturated carbocycles. The number of fused-ring (bicyclic) bond motifs is 1. The van der Waals surface area contributed by atoms with Gasteiger partial charge in [0, 0.05) is 31.8 Å². The largest absolute Gasteiger partial charge is 0.342 e. The van der Waals surface area contributed by atoms with Crippen LogP contribution in [0.25, 0.3) is 21.8 Å². The molecule has 1 aliphatic rings. The second-order valence-electron chi connectivity index (χ2n) is 6.96. The number of nitrogens with zero attached hydrogens (tertiary/aromatic N) is 4. The predicted octanol–water partition coefficient (Wildman–Crippen LogP) is 3.62. The van der Waals surface area contributed by atoms with Gasteiger partial charge in [-0.15, -0.1) is 11.3 Å². The van der Waals surface area contributed by atoms with E-state index >= 15 is 0 Å². The summed E-state index contributed by atoms with van der Waals surface area (Å²) in [4.78, 5) is 27.8. The molecule has 1 amide bonds. The van der Waals surface area contributed by atoms with Crippen LogP contribution in [-0.2, 0) is 11.2 Å². The van der Waals surface area contributed by atoms with Crippen molar-refractivity contribution >= 4 is 28.3 Å². The summed E-state index contributed by atoms with van der Waals surface area (Å²) in [5.41, 5.74) is 1.94. The maximum absolute atomic E-state index is 12.6. The van der Waals surface area contributed by atoms with Crippen molar-refractivity contribution in [1.29, 1.82) is 0 Å². The van der Waals surface area contributed by atoms with Gasteiger partial charge in [0.15, 0.2) is 5.82 Å². The van der Waals surface area contributed by atoms with Crippen molar-refractivity contribution in [3.8, 4) is 10.8 Å². The number of thiophene rings is 1. The van der Waals surface area contributed by atoms with Crippen molar-refractivity contribution in [3.05, 3.63) is 53.4 Å². The number of amides is 1. The Balaban J connectivity index is 1.19. The van der Waals surface area contributed by atoms with Gasteiger partial charge in [-0.05, 0) is 30.0 Å². The van der Waals surface area contributed by atoms with E-state index < -0.39 is 0 Å². The number of para-hydroxylation sites is 2. The molecule has 0 spiro atoms. The molecule has 3 aromatic heterocycles. The highest BCUT2D eigenvalue weighted by atomic mass is 32.1. The van der Waals surface area contributed by atoms with Crippen molar-refractivity contribution in [2.45, 2.75) is 25.2 Å². The zero-order valence-electron chi connectivity index (χ0n) is 15.2. The maximum atomic E-state index is 12.6. The summed E-state index contributed by atoms with van der Waals surface area (Å²) in [6, 6.07) is 11.8. The summed E-state index contributed by atoms with van der Waals surface area (Å²) in [5.74, 6) is 2.37. The number of carbonyl (C=O) groups is 1. The lowest BCUT2D eigenvalue weighted by Gasteiger charge is -2.15. The highest BCUT2D eigenvalue weighted by molar-refractivity contribution is 7.13. The standard InChI is InChI=1S/C20H19N5O2S/c26-18(8-7-17-21-14-4-1-2-5-15(14)22-17)25-10-9-13(12-25)19-23-20(27-24-19)16-6-3-11-28-16/h1-6,11,13H,7-10,12H2,(H,21,22)/t13-/m0/s1. The SMILES string of the molecule is O=C(CCc1nc2ccccc2[nH]1)N1CC[C@H](c2noc(-c3cccs3)n2)C1. The minimum Gasteiger partial charge on any atom is -0.342 e. The number of likely N-dealkylation sites (tertiary alicyclic amines) is 1. The van der Waals surface area contributed by atoms with Gasteiger partial charge >= 0.3 is 0 Å². The molecule has 1 aliphatic heterocycles. The molecular formula is C20H19N5O2S. The van der Waals surface area contributed by atoms with Crippen molar-refractivity contribution in [1.82, 2.24) is 25.0 Å². The van der Waals surface area contributed by atoms with Gasteiger partial charge in [-0.2, -0.15) is 4.98 Å². The molecule has 1 N–H and O–H groups in total. The number of aromatic nitrogens is 4. The van der Waals surface area contributed by atoms with Crippen molar-refractivity contribution < 1.29 is 9.32 Å². The Kier molecular flexibility index (Phi) is 4.40. The number of aromatic amines is 1. The predicted molar refractivity (Wildman–Crippen MR) is 106 cm³/mol. The van der Waals surface area contributed by atoms with Crippen molar-refractivity contribution in [3.63, 3.8) is 0 Å². The van der Waals surface area contributed by atoms with Crippen LogP contribution in [0.4, 0.5) is 0 Å². The van der Waals surface area contributed by atoms with Crippen LogP contribution in [0.1, 0.15) is 30.4 Å². The molecule has 1 aromatic carbocycles. The van der Waals surface area contributed by atoms with Crippen LogP contribution in [-0.4, -0.2) is 44.0 Å². The minimum absolute atomic E-state index is 0.132. The van der Waals surface area contributed by atoms with E-state index in [0.29, 0.717) is 31.1 Å². The fourth-order valence-electron chi connectivity index (χ4n) is 3.61. The first-order valence-electron chi connectivity index (χ1n) is 9.35. The molecule has 142 valence electrons. The molecule has 7 nitrogen and oxygen atoms in total. The summed E-state index contributed by atoms with van der Waals surface area (Å²) in [5, 5.41) is 6.12. The normalized spacial score (nSPS) is 16.9. The molecule has 1 saturated heterocycles. The van der Waals surface area contributed by atoms with E-state index in [1.165, 1.54) is 0 Å². The average molecular weight is 393 g/mol. The van der Waals surface area contributed by atoms with E-state index in [0.717, 1.165) is 34.7 Å². The monoisotopic (exact) mass is 393 g/mol. The van der Waals surface area contributed by atoms with Crippen molar-refractivity contribution in [2.75, 3.05) is 13.1 Å². The minimum atomic E-state index is 0.132. The highest BCUT2D eigenvalue weighted by Gasteiger charge is 2.30. The number of aryl methyl sites for hydroxylation is 1. The number of imidazole rings is 1. The van der Waals surface area contributed by atoms with E-state index in [2.05, 4.69) is 20.1 Å². The first-order chi connectivity index (χ1) is 13.8. The van der Waals surface area contributed by atoms with E-state index in [4.69, 9.17) is 4.52 Å². The van der Waals surface area contributed by atoms with E-state index in [1.807, 2.05) is 46.7 Å². The molecule has 1 atom stereocenters. The van der Waals surface area contributed by atoms with Gasteiger partial charge in [0.05, 0.1) is 15.9 Å². The molecule has 0 aliphatic carbocycles. The lowest BCUT2D eigenvalue weighted by Crippen LogP contribution is -2.28. The van der Waals surface area contributed by atoms with Gasteiger partial charge in [-0.1, -0.05) is 23.4 Å². The Morgan fingerprint density at radius 2 is 2.18 bits per heavy atom. The van der Waals surface area contributed by atoms with Gasteiger partial charge < -0.3 is 14.4 Å². The second kappa shape index (κ2) is 7.20. The smallest absolute Gasteiger partial charge is 0.267 e. The summed E-state index contributed by atoms with van der Waals surface area (Å²) in [6.07, 6.45) is 1.92. The van der Waals surface area contributed by atoms with E-state index in [1.54, 1.807) is 11.3 Å². The Hall–Kier alpha value is -3.00. The molecule has 0 radical (unpaired) electrons. The zero-order valence-corrected chi connectivity index (χ0v) is 16.0. The van der Waals surface area contributed by atoms with Gasteiger partial charge in [-0.3, -0.25) is 4.79 Å². The molecular weight excluding hydrogens is 374 g/mol. The number of hydrogen-bond donors (Lipinski definition) is 1. The van der Waals surface area contributed by atoms with Gasteiger partial charge in [0.2, 0.25) is 5.91 Å². The van der Waals surface area contributed by atoms with Crippen LogP contribution in [0.3, 0.4) is 0 Å². The van der Waals surface area contributed by atoms with Crippen LogP contribution < -0.4 is 0 Å². The number of rotatable bonds is 5. The molecule has 5 rings (SSSR count). The molecule has 4 aromatic rings. The first-order valence-corrected chi connectivity index (χ1v) is 10.2. The van der Waals surface area contributed by atoms with Crippen molar-refractivity contribution in [2.24, 2.45) is 0 Å². The Labute approximate surface area is 165 Å². The molecule has 1 fully saturated rings. The van der Waals surface area contributed by atoms with Crippen LogP contribution in [0.2, 0.25) is 0 Å². The molecule has 8 heteroatoms. The third-order valence-corrected chi connectivity index (χ3v) is 5.95. The Morgan fingerprint density at radius 1 is 1.25 bits per heavy atom. The zero-order chi connectivity index (χ0) is 18.9. The van der Waals surface area contributed by atoms with Crippen LogP contribution >= 0.6 is 11.3 Å². The van der Waals surface area contributed by atoms with Crippen LogP contribution in [0.15, 0.2) is 46.3 Å². The fraction of sp³-hybridized carbons (Fsp3) is 0.300. The number of nitrogens with one attached hydrogen (secondary N) is 1. The quantitative estimate of drug-likeness (QED) is 0.559. The first kappa shape index (κ1) is 17.1. The maximum Gasteiger partial charge on any atom is 0.267 e. The number of hydrogen-bond acceptors (Lipinski definition) is 6. The van der Waals surface area contributed by atoms with Crippen LogP contribution in [0, 0.1) is 0 Å². The van der Waals surface area contributed by atoms with Gasteiger partial charge in [0.25, 0.3) is 5.89 Å². The Morgan fingerprint density at radius 3 is 3.04 bits per heavy atom. The third-order valence-electron chi connectivity index (χ3n) is 5.09. The lowest BCUT2D eigenvalue weighted by atomic mass is 10.1. The summed E-state index contributed by atoms with van der Waals surface area (Å²) >= 11 is 1.57. The molecule has 0 bridgehead atoms. The number of benzene rings is 1. The number of carbonyl (C=O) groups excluding carboxylic acids is 1. The fourth-order valence-corrected chi connectivity index (χ4v) is 4.25. The third kappa shape index (κ3) is 3.31. The molecule has 28 heavy (non-hydrogen) atoms. The summed E-state index contributed by atoms with van der Waals surface area (Å²) in [7, 11) is 0. The Bertz CT molecular complexity index is 1070. The van der Waals surface area contributed by atoms with E-state index in [9.17, 15) is 4.79 Å². The number of H-pyrrole nitrogens is 1.